The second-order valence-corrected chi connectivity index (χ2v) is 10.4. The van der Waals surface area contributed by atoms with Gasteiger partial charge in [0.25, 0.3) is 0 Å². The topological polar surface area (TPSA) is 150 Å². The third-order valence-corrected chi connectivity index (χ3v) is 8.66. The molecular weight excluding hydrogens is 402 g/mol. The lowest BCUT2D eigenvalue weighted by Gasteiger charge is -2.52. The molecule has 8 atom stereocenters. The van der Waals surface area contributed by atoms with Crippen LogP contribution in [-0.2, 0) is 14.3 Å². The number of carbonyl (C=O) groups excluding carboxylic acids is 2. The van der Waals surface area contributed by atoms with Crippen molar-refractivity contribution in [3.05, 3.63) is 23.3 Å². The first-order valence-electron chi connectivity index (χ1n) is 10.9. The molecule has 2 fully saturated rings. The van der Waals surface area contributed by atoms with Crippen LogP contribution < -0.4 is 5.73 Å². The van der Waals surface area contributed by atoms with E-state index in [0.717, 1.165) is 0 Å². The first-order valence-corrected chi connectivity index (χ1v) is 10.9. The van der Waals surface area contributed by atoms with Crippen LogP contribution in [0.1, 0.15) is 40.5 Å². The summed E-state index contributed by atoms with van der Waals surface area (Å²) in [5.41, 5.74) is 0.818. The Hall–Kier alpha value is -1.58. The van der Waals surface area contributed by atoms with Gasteiger partial charge in [-0.1, -0.05) is 32.9 Å². The van der Waals surface area contributed by atoms with E-state index in [9.17, 15) is 30.0 Å². The second-order valence-electron chi connectivity index (χ2n) is 10.4. The molecule has 8 heteroatoms. The van der Waals surface area contributed by atoms with Crippen molar-refractivity contribution in [2.75, 3.05) is 13.2 Å². The van der Waals surface area contributed by atoms with Crippen LogP contribution in [0, 0.1) is 29.1 Å². The number of Topliss-reactive ketones (excluding diaryl/α,β-unsaturated/α-hetero) is 1. The van der Waals surface area contributed by atoms with Gasteiger partial charge in [-0.25, -0.2) is 0 Å². The summed E-state index contributed by atoms with van der Waals surface area (Å²) < 4.78 is 5.79. The Morgan fingerprint density at radius 1 is 1.29 bits per heavy atom. The fraction of sp³-hybridized carbons (Fsp3) is 0.739. The van der Waals surface area contributed by atoms with Crippen molar-refractivity contribution in [3.8, 4) is 0 Å². The molecule has 2 saturated carbocycles. The highest BCUT2D eigenvalue weighted by atomic mass is 16.6. The lowest BCUT2D eigenvalue weighted by molar-refractivity contribution is -0.217. The summed E-state index contributed by atoms with van der Waals surface area (Å²) in [4.78, 5) is 25.9. The first-order chi connectivity index (χ1) is 14.3. The molecule has 0 aliphatic heterocycles. The average molecular weight is 436 g/mol. The fourth-order valence-corrected chi connectivity index (χ4v) is 6.94. The largest absolute Gasteiger partial charge is 0.449 e. The molecule has 0 radical (unpaired) electrons. The second kappa shape index (κ2) is 6.71. The van der Waals surface area contributed by atoms with Gasteiger partial charge in [0.2, 0.25) is 5.78 Å². The van der Waals surface area contributed by atoms with Gasteiger partial charge in [0.15, 0.2) is 5.60 Å². The molecule has 31 heavy (non-hydrogen) atoms. The van der Waals surface area contributed by atoms with Crippen molar-refractivity contribution in [1.82, 2.24) is 0 Å². The molecule has 0 spiro atoms. The highest BCUT2D eigenvalue weighted by Gasteiger charge is 2.84. The van der Waals surface area contributed by atoms with E-state index in [4.69, 9.17) is 10.5 Å². The Morgan fingerprint density at radius 2 is 1.94 bits per heavy atom. The number of hydrogen-bond donors (Lipinski definition) is 5. The molecule has 4 rings (SSSR count). The predicted molar refractivity (Wildman–Crippen MR) is 110 cm³/mol. The van der Waals surface area contributed by atoms with Crippen molar-refractivity contribution in [3.63, 3.8) is 0 Å². The Morgan fingerprint density at radius 3 is 2.52 bits per heavy atom. The quantitative estimate of drug-likeness (QED) is 0.302. The summed E-state index contributed by atoms with van der Waals surface area (Å²) in [6.07, 6.45) is 1.96. The number of rotatable bonds is 4. The van der Waals surface area contributed by atoms with Crippen molar-refractivity contribution >= 4 is 11.8 Å². The summed E-state index contributed by atoms with van der Waals surface area (Å²) in [6.45, 7) is 6.60. The molecule has 0 saturated heterocycles. The minimum Gasteiger partial charge on any atom is -0.449 e. The molecule has 0 amide bonds. The Balaban J connectivity index is 1.92. The Bertz CT molecular complexity index is 894. The van der Waals surface area contributed by atoms with Crippen LogP contribution in [0.4, 0.5) is 0 Å². The van der Waals surface area contributed by atoms with E-state index >= 15 is 0 Å². The van der Waals surface area contributed by atoms with Gasteiger partial charge < -0.3 is 30.9 Å². The smallest absolute Gasteiger partial charge is 0.308 e. The maximum Gasteiger partial charge on any atom is 0.308 e. The molecule has 0 aromatic heterocycles. The van der Waals surface area contributed by atoms with E-state index in [1.54, 1.807) is 26.0 Å². The molecule has 0 aromatic rings. The number of ether oxygens (including phenoxy) is 1. The molecule has 4 aliphatic carbocycles. The zero-order chi connectivity index (χ0) is 23.1. The fourth-order valence-electron chi connectivity index (χ4n) is 6.94. The van der Waals surface area contributed by atoms with E-state index in [-0.39, 0.29) is 26.0 Å². The van der Waals surface area contributed by atoms with Gasteiger partial charge in [-0.2, -0.15) is 0 Å². The molecule has 0 heterocycles. The van der Waals surface area contributed by atoms with Gasteiger partial charge in [0.1, 0.15) is 5.60 Å². The summed E-state index contributed by atoms with van der Waals surface area (Å²) in [6, 6.07) is 0. The van der Waals surface area contributed by atoms with Crippen LogP contribution in [0.15, 0.2) is 23.3 Å². The lowest BCUT2D eigenvalue weighted by Crippen LogP contribution is -2.65. The maximum absolute atomic E-state index is 13.4. The number of aliphatic hydroxyl groups is 4. The van der Waals surface area contributed by atoms with Crippen LogP contribution >= 0.6 is 0 Å². The van der Waals surface area contributed by atoms with Crippen LogP contribution in [-0.4, -0.2) is 68.2 Å². The third kappa shape index (κ3) is 2.54. The van der Waals surface area contributed by atoms with Gasteiger partial charge in [-0.15, -0.1) is 0 Å². The zero-order valence-corrected chi connectivity index (χ0v) is 18.5. The van der Waals surface area contributed by atoms with Gasteiger partial charge in [0, 0.05) is 36.1 Å². The normalized spacial score (nSPS) is 47.4. The standard InChI is InChI=1S/C23H33NO7/c1-11-7-15-21(18(11)27,31-16(26)5-6-24)9-13(10-25)8-14-17-20(3,4)23(17,30)19(28)12(2)22(14,15)29/h7-8,12,14-15,17,19,25,28-30H,5-6,9-10,24H2,1-4H3/t12-,14+,15-,17+,19-,21+,22-,23-/m1/s1. The van der Waals surface area contributed by atoms with Crippen LogP contribution in [0.25, 0.3) is 0 Å². The summed E-state index contributed by atoms with van der Waals surface area (Å²) in [5, 5.41) is 44.7. The first kappa shape index (κ1) is 22.6. The van der Waals surface area contributed by atoms with Crippen molar-refractivity contribution in [2.45, 2.75) is 63.4 Å². The highest BCUT2D eigenvalue weighted by molar-refractivity contribution is 6.06. The Labute approximate surface area is 181 Å². The molecule has 172 valence electrons. The lowest BCUT2D eigenvalue weighted by atomic mass is 9.59. The van der Waals surface area contributed by atoms with Crippen molar-refractivity contribution < 1.29 is 34.8 Å². The number of carbonyl (C=O) groups is 2. The number of esters is 1. The van der Waals surface area contributed by atoms with Gasteiger partial charge >= 0.3 is 5.97 Å². The number of ketones is 1. The molecule has 0 unspecified atom stereocenters. The molecular formula is C23H33NO7. The maximum atomic E-state index is 13.4. The SMILES string of the molecule is CC1=C[C@H]2[C@@]3(O)[C@H](C)[C@@H](O)[C@]4(O)[C@@H]([C@@H]3C=C(CO)C[C@@]2(OC(=O)CCN)C1=O)C4(C)C. The molecule has 0 aromatic carbocycles. The minimum absolute atomic E-state index is 0.0498. The highest BCUT2D eigenvalue weighted by Crippen LogP contribution is 2.75. The van der Waals surface area contributed by atoms with Crippen molar-refractivity contribution in [2.24, 2.45) is 34.8 Å². The number of fused-ring (bicyclic) bond motifs is 5. The average Bonchev–Trinajstić information content (AvgIpc) is 3.09. The predicted octanol–water partition coefficient (Wildman–Crippen LogP) is -0.170. The summed E-state index contributed by atoms with van der Waals surface area (Å²) in [7, 11) is 0. The third-order valence-electron chi connectivity index (χ3n) is 8.66. The summed E-state index contributed by atoms with van der Waals surface area (Å²) in [5.74, 6) is -3.99. The number of aliphatic hydroxyl groups excluding tert-OH is 2. The van der Waals surface area contributed by atoms with Gasteiger partial charge in [-0.3, -0.25) is 9.59 Å². The van der Waals surface area contributed by atoms with Gasteiger partial charge in [-0.05, 0) is 18.1 Å². The van der Waals surface area contributed by atoms with Crippen LogP contribution in [0.3, 0.4) is 0 Å². The minimum atomic E-state index is -1.73. The molecule has 6 N–H and O–H groups in total. The molecule has 4 aliphatic rings. The van der Waals surface area contributed by atoms with E-state index in [0.29, 0.717) is 11.1 Å². The Kier molecular flexibility index (Phi) is 4.90. The number of hydrogen-bond acceptors (Lipinski definition) is 8. The van der Waals surface area contributed by atoms with Gasteiger partial charge in [0.05, 0.1) is 30.7 Å². The van der Waals surface area contributed by atoms with E-state index in [1.165, 1.54) is 0 Å². The monoisotopic (exact) mass is 435 g/mol. The van der Waals surface area contributed by atoms with E-state index < -0.39 is 63.7 Å². The van der Waals surface area contributed by atoms with E-state index in [2.05, 4.69) is 0 Å². The van der Waals surface area contributed by atoms with E-state index in [1.807, 2.05) is 13.8 Å². The number of nitrogens with two attached hydrogens (primary N) is 1. The van der Waals surface area contributed by atoms with Crippen molar-refractivity contribution in [1.29, 1.82) is 0 Å². The summed E-state index contributed by atoms with van der Waals surface area (Å²) >= 11 is 0. The molecule has 0 bridgehead atoms. The van der Waals surface area contributed by atoms with Crippen LogP contribution in [0.5, 0.6) is 0 Å². The molecule has 8 nitrogen and oxygen atoms in total. The van der Waals surface area contributed by atoms with Crippen LogP contribution in [0.2, 0.25) is 0 Å². The zero-order valence-electron chi connectivity index (χ0n) is 18.5.